The van der Waals surface area contributed by atoms with Crippen molar-refractivity contribution < 1.29 is 19.1 Å². The van der Waals surface area contributed by atoms with Gasteiger partial charge in [-0.3, -0.25) is 14.5 Å². The van der Waals surface area contributed by atoms with Gasteiger partial charge in [-0.15, -0.1) is 0 Å². The molecule has 0 unspecified atom stereocenters. The lowest BCUT2D eigenvalue weighted by atomic mass is 10.1. The number of benzene rings is 1. The summed E-state index contributed by atoms with van der Waals surface area (Å²) in [6.45, 7) is 4.57. The van der Waals surface area contributed by atoms with Gasteiger partial charge in [-0.2, -0.15) is 0 Å². The Kier molecular flexibility index (Phi) is 4.07. The number of ether oxygens (including phenoxy) is 1. The molecule has 122 valence electrons. The fraction of sp³-hybridized carbons (Fsp3) is 0.471. The molecule has 2 heterocycles. The smallest absolute Gasteiger partial charge is 0.340 e. The van der Waals surface area contributed by atoms with Crippen molar-refractivity contribution in [2.45, 2.75) is 39.0 Å². The van der Waals surface area contributed by atoms with Crippen molar-refractivity contribution in [2.75, 3.05) is 6.54 Å². The second kappa shape index (κ2) is 6.02. The first-order valence-electron chi connectivity index (χ1n) is 7.88. The number of fused-ring (bicyclic) bond motifs is 1. The Bertz CT molecular complexity index is 656. The average molecular weight is 316 g/mol. The predicted octanol–water partition coefficient (Wildman–Crippen LogP) is 1.62. The quantitative estimate of drug-likeness (QED) is 0.857. The van der Waals surface area contributed by atoms with E-state index in [-0.39, 0.29) is 18.2 Å². The van der Waals surface area contributed by atoms with Crippen molar-refractivity contribution in [1.29, 1.82) is 0 Å². The number of amides is 2. The highest BCUT2D eigenvalue weighted by Gasteiger charge is 2.46. The van der Waals surface area contributed by atoms with E-state index in [1.807, 2.05) is 13.8 Å². The number of cyclic esters (lactones) is 1. The third kappa shape index (κ3) is 2.81. The third-order valence-electron chi connectivity index (χ3n) is 4.16. The molecule has 0 spiro atoms. The van der Waals surface area contributed by atoms with Crippen molar-refractivity contribution >= 4 is 17.8 Å². The second-order valence-corrected chi connectivity index (χ2v) is 6.34. The second-order valence-electron chi connectivity index (χ2n) is 6.34. The lowest BCUT2D eigenvalue weighted by molar-refractivity contribution is -0.145. The molecule has 2 aliphatic rings. The number of hydrogen-bond acceptors (Lipinski definition) is 4. The van der Waals surface area contributed by atoms with Gasteiger partial charge in [-0.05, 0) is 18.4 Å². The van der Waals surface area contributed by atoms with E-state index in [1.165, 1.54) is 4.90 Å². The maximum absolute atomic E-state index is 12.4. The summed E-state index contributed by atoms with van der Waals surface area (Å²) in [5, 5.41) is 2.86. The first kappa shape index (κ1) is 15.5. The Hall–Kier alpha value is -2.37. The van der Waals surface area contributed by atoms with Gasteiger partial charge in [0.15, 0.2) is 0 Å². The summed E-state index contributed by atoms with van der Waals surface area (Å²) in [6, 6.07) is 6.39. The molecule has 6 nitrogen and oxygen atoms in total. The molecular formula is C17H20N2O4. The van der Waals surface area contributed by atoms with E-state index in [1.54, 1.807) is 24.3 Å². The molecular weight excluding hydrogens is 296 g/mol. The standard InChI is InChI=1S/C17H20N2O4/c1-10(2)9-18-15(21)13-7-8-14(20)19(13)16-11-5-3-4-6-12(11)17(22)23-16/h3-6,10,13,16H,7-9H2,1-2H3,(H,18,21)/t13-,16+/m1/s1. The summed E-state index contributed by atoms with van der Waals surface area (Å²) in [5.41, 5.74) is 1.10. The van der Waals surface area contributed by atoms with E-state index >= 15 is 0 Å². The monoisotopic (exact) mass is 316 g/mol. The van der Waals surface area contributed by atoms with Gasteiger partial charge in [0.05, 0.1) is 5.56 Å². The first-order chi connectivity index (χ1) is 11.0. The van der Waals surface area contributed by atoms with Crippen LogP contribution in [0, 0.1) is 5.92 Å². The predicted molar refractivity (Wildman–Crippen MR) is 82.3 cm³/mol. The van der Waals surface area contributed by atoms with Crippen LogP contribution in [0.4, 0.5) is 0 Å². The van der Waals surface area contributed by atoms with Crippen LogP contribution in [-0.2, 0) is 14.3 Å². The van der Waals surface area contributed by atoms with Crippen LogP contribution in [0.3, 0.4) is 0 Å². The Morgan fingerprint density at radius 2 is 2.09 bits per heavy atom. The van der Waals surface area contributed by atoms with Crippen LogP contribution >= 0.6 is 0 Å². The summed E-state index contributed by atoms with van der Waals surface area (Å²) >= 11 is 0. The fourth-order valence-corrected chi connectivity index (χ4v) is 3.01. The van der Waals surface area contributed by atoms with E-state index in [9.17, 15) is 14.4 Å². The van der Waals surface area contributed by atoms with Crippen LogP contribution in [0.1, 0.15) is 48.8 Å². The van der Waals surface area contributed by atoms with E-state index < -0.39 is 18.2 Å². The molecule has 1 saturated heterocycles. The van der Waals surface area contributed by atoms with Crippen LogP contribution in [-0.4, -0.2) is 35.3 Å². The zero-order valence-corrected chi connectivity index (χ0v) is 13.2. The molecule has 1 aromatic carbocycles. The normalized spacial score (nSPS) is 23.2. The van der Waals surface area contributed by atoms with Gasteiger partial charge in [0, 0.05) is 18.5 Å². The maximum Gasteiger partial charge on any atom is 0.340 e. The van der Waals surface area contributed by atoms with Crippen molar-refractivity contribution in [1.82, 2.24) is 10.2 Å². The minimum absolute atomic E-state index is 0.163. The molecule has 0 bridgehead atoms. The molecule has 0 aliphatic carbocycles. The number of nitrogens with one attached hydrogen (secondary N) is 1. The highest BCUT2D eigenvalue weighted by Crippen LogP contribution is 2.38. The SMILES string of the molecule is CC(C)CNC(=O)[C@H]1CCC(=O)N1[C@H]1OC(=O)c2ccccc21. The Labute approximate surface area is 134 Å². The number of esters is 1. The van der Waals surface area contributed by atoms with E-state index in [2.05, 4.69) is 5.32 Å². The zero-order chi connectivity index (χ0) is 16.6. The Morgan fingerprint density at radius 1 is 1.35 bits per heavy atom. The summed E-state index contributed by atoms with van der Waals surface area (Å²) in [7, 11) is 0. The highest BCUT2D eigenvalue weighted by atomic mass is 16.6. The summed E-state index contributed by atoms with van der Waals surface area (Å²) in [6.07, 6.45) is -0.0712. The molecule has 2 aliphatic heterocycles. The van der Waals surface area contributed by atoms with Crippen LogP contribution in [0.15, 0.2) is 24.3 Å². The van der Waals surface area contributed by atoms with Crippen molar-refractivity contribution in [3.63, 3.8) is 0 Å². The zero-order valence-electron chi connectivity index (χ0n) is 13.2. The molecule has 1 fully saturated rings. The Balaban J connectivity index is 1.84. The number of carbonyl (C=O) groups excluding carboxylic acids is 3. The van der Waals surface area contributed by atoms with Crippen LogP contribution in [0.2, 0.25) is 0 Å². The number of hydrogen-bond donors (Lipinski definition) is 1. The maximum atomic E-state index is 12.4. The first-order valence-corrected chi connectivity index (χ1v) is 7.88. The van der Waals surface area contributed by atoms with Crippen molar-refractivity contribution in [3.05, 3.63) is 35.4 Å². The molecule has 2 atom stereocenters. The lowest BCUT2D eigenvalue weighted by Gasteiger charge is -2.29. The topological polar surface area (TPSA) is 75.7 Å². The molecule has 0 aromatic heterocycles. The molecule has 23 heavy (non-hydrogen) atoms. The number of likely N-dealkylation sites (tertiary alicyclic amines) is 1. The molecule has 1 aromatic rings. The summed E-state index contributed by atoms with van der Waals surface area (Å²) in [5.74, 6) is -0.477. The van der Waals surface area contributed by atoms with Gasteiger partial charge in [-0.1, -0.05) is 32.0 Å². The van der Waals surface area contributed by atoms with Crippen molar-refractivity contribution in [3.8, 4) is 0 Å². The minimum Gasteiger partial charge on any atom is -0.433 e. The van der Waals surface area contributed by atoms with Crippen LogP contribution in [0.5, 0.6) is 0 Å². The fourth-order valence-electron chi connectivity index (χ4n) is 3.01. The molecule has 0 radical (unpaired) electrons. The largest absolute Gasteiger partial charge is 0.433 e. The lowest BCUT2D eigenvalue weighted by Crippen LogP contribution is -2.47. The van der Waals surface area contributed by atoms with Gasteiger partial charge < -0.3 is 10.1 Å². The van der Waals surface area contributed by atoms with E-state index in [0.29, 0.717) is 30.0 Å². The number of carbonyl (C=O) groups is 3. The van der Waals surface area contributed by atoms with Gasteiger partial charge in [0.1, 0.15) is 6.04 Å². The minimum atomic E-state index is -0.802. The molecule has 2 amide bonds. The Morgan fingerprint density at radius 3 is 2.83 bits per heavy atom. The van der Waals surface area contributed by atoms with Crippen molar-refractivity contribution in [2.24, 2.45) is 5.92 Å². The molecule has 0 saturated carbocycles. The van der Waals surface area contributed by atoms with Crippen LogP contribution in [0.25, 0.3) is 0 Å². The van der Waals surface area contributed by atoms with E-state index in [0.717, 1.165) is 0 Å². The van der Waals surface area contributed by atoms with Gasteiger partial charge in [0.25, 0.3) is 0 Å². The summed E-state index contributed by atoms with van der Waals surface area (Å²) < 4.78 is 5.38. The molecule has 3 rings (SSSR count). The third-order valence-corrected chi connectivity index (χ3v) is 4.16. The molecule has 6 heteroatoms. The van der Waals surface area contributed by atoms with E-state index in [4.69, 9.17) is 4.74 Å². The average Bonchev–Trinajstić information content (AvgIpc) is 3.06. The molecule has 1 N–H and O–H groups in total. The van der Waals surface area contributed by atoms with Gasteiger partial charge in [-0.25, -0.2) is 4.79 Å². The highest BCUT2D eigenvalue weighted by molar-refractivity contribution is 5.96. The van der Waals surface area contributed by atoms with Gasteiger partial charge >= 0.3 is 5.97 Å². The van der Waals surface area contributed by atoms with Gasteiger partial charge in [0.2, 0.25) is 18.0 Å². The van der Waals surface area contributed by atoms with Crippen LogP contribution < -0.4 is 5.32 Å². The summed E-state index contributed by atoms with van der Waals surface area (Å²) in [4.78, 5) is 38.1. The number of rotatable bonds is 4. The number of nitrogens with zero attached hydrogens (tertiary/aromatic N) is 1.